The number of carbonyl (C=O) groups is 2. The minimum Gasteiger partial charge on any atom is -0.353 e. The molecular weight excluding hydrogens is 410 g/mol. The zero-order valence-electron chi connectivity index (χ0n) is 20.0. The first-order chi connectivity index (χ1) is 14.5. The van der Waals surface area contributed by atoms with Crippen LogP contribution in [0, 0.1) is 0 Å². The van der Waals surface area contributed by atoms with Crippen molar-refractivity contribution >= 4 is 24.1 Å². The molecule has 0 saturated carbocycles. The average Bonchev–Trinajstić information content (AvgIpc) is 2.74. The van der Waals surface area contributed by atoms with Crippen molar-refractivity contribution in [1.82, 2.24) is 15.5 Å². The molecule has 1 aromatic carbocycles. The maximum Gasteiger partial charge on any atom is 0.252 e. The van der Waals surface area contributed by atoms with E-state index in [1.807, 2.05) is 51.5 Å². The van der Waals surface area contributed by atoms with Gasteiger partial charge in [0.05, 0.1) is 0 Å². The van der Waals surface area contributed by atoms with Crippen LogP contribution in [0.5, 0.6) is 0 Å². The Hall–Kier alpha value is -1.43. The summed E-state index contributed by atoms with van der Waals surface area (Å²) < 4.78 is 0. The van der Waals surface area contributed by atoms with Crippen LogP contribution in [0.15, 0.2) is 30.3 Å². The molecule has 0 aliphatic carbocycles. The predicted octanol–water partition coefficient (Wildman–Crippen LogP) is 4.69. The Morgan fingerprint density at radius 2 is 1.42 bits per heavy atom. The first kappa shape index (κ1) is 29.6. The van der Waals surface area contributed by atoms with E-state index in [4.69, 9.17) is 0 Å². The summed E-state index contributed by atoms with van der Waals surface area (Å²) in [4.78, 5) is 28.5. The molecule has 5 nitrogen and oxygen atoms in total. The second-order valence-corrected chi connectivity index (χ2v) is 8.33. The number of carbonyl (C=O) groups excluding carboxylic acids is 2. The number of rotatable bonds is 17. The van der Waals surface area contributed by atoms with Crippen LogP contribution in [-0.4, -0.2) is 50.8 Å². The summed E-state index contributed by atoms with van der Waals surface area (Å²) in [6.45, 7) is 3.39. The summed E-state index contributed by atoms with van der Waals surface area (Å²) in [7, 11) is 5.48. The van der Waals surface area contributed by atoms with Gasteiger partial charge >= 0.3 is 0 Å². The van der Waals surface area contributed by atoms with E-state index in [2.05, 4.69) is 17.6 Å². The third kappa shape index (κ3) is 9.30. The summed E-state index contributed by atoms with van der Waals surface area (Å²) >= 11 is 0. The van der Waals surface area contributed by atoms with E-state index in [1.165, 1.54) is 38.5 Å². The second kappa shape index (κ2) is 17.2. The lowest BCUT2D eigenvalue weighted by molar-refractivity contribution is -0.144. The third-order valence-electron chi connectivity index (χ3n) is 5.76. The molecule has 6 heteroatoms. The Morgan fingerprint density at radius 1 is 0.871 bits per heavy atom. The van der Waals surface area contributed by atoms with Gasteiger partial charge in [-0.3, -0.25) is 14.5 Å². The number of amides is 1. The Balaban J connectivity index is 0.00000900. The molecule has 2 N–H and O–H groups in total. The lowest BCUT2D eigenvalue weighted by atomic mass is 9.81. The van der Waals surface area contributed by atoms with E-state index < -0.39 is 5.54 Å². The third-order valence-corrected chi connectivity index (χ3v) is 5.76. The number of unbranched alkanes of at least 4 members (excludes halogenated alkanes) is 8. The molecule has 31 heavy (non-hydrogen) atoms. The van der Waals surface area contributed by atoms with Gasteiger partial charge in [-0.25, -0.2) is 0 Å². The molecule has 1 rings (SSSR count). The first-order valence-corrected chi connectivity index (χ1v) is 11.7. The van der Waals surface area contributed by atoms with Crippen LogP contribution in [-0.2, 0) is 15.1 Å². The SMILES string of the molecule is CCCCCCCCCCCC(=O)C(C(=O)NCCNC)(c1ccccc1)N(C)C.Cl. The van der Waals surface area contributed by atoms with Crippen molar-refractivity contribution < 1.29 is 9.59 Å². The van der Waals surface area contributed by atoms with Gasteiger partial charge in [-0.15, -0.1) is 12.4 Å². The normalized spacial score (nSPS) is 12.8. The fraction of sp³-hybridized carbons (Fsp3) is 0.680. The van der Waals surface area contributed by atoms with Crippen LogP contribution in [0.25, 0.3) is 0 Å². The number of nitrogens with one attached hydrogen (secondary N) is 2. The second-order valence-electron chi connectivity index (χ2n) is 8.33. The van der Waals surface area contributed by atoms with Gasteiger partial charge in [0.25, 0.3) is 5.91 Å². The van der Waals surface area contributed by atoms with Crippen molar-refractivity contribution in [3.8, 4) is 0 Å². The van der Waals surface area contributed by atoms with Gasteiger partial charge in [0.1, 0.15) is 0 Å². The molecule has 0 aromatic heterocycles. The van der Waals surface area contributed by atoms with Crippen LogP contribution in [0.4, 0.5) is 0 Å². The molecule has 0 aliphatic rings. The number of hydrogen-bond acceptors (Lipinski definition) is 4. The number of likely N-dealkylation sites (N-methyl/N-ethyl adjacent to an activating group) is 2. The lowest BCUT2D eigenvalue weighted by Gasteiger charge is -2.37. The number of ketones is 1. The van der Waals surface area contributed by atoms with Crippen molar-refractivity contribution in [2.24, 2.45) is 0 Å². The Bertz CT molecular complexity index is 610. The molecule has 0 aliphatic heterocycles. The molecule has 0 radical (unpaired) electrons. The lowest BCUT2D eigenvalue weighted by Crippen LogP contribution is -2.59. The molecule has 0 bridgehead atoms. The number of halogens is 1. The van der Waals surface area contributed by atoms with Crippen LogP contribution < -0.4 is 10.6 Å². The van der Waals surface area contributed by atoms with Crippen LogP contribution in [0.3, 0.4) is 0 Å². The van der Waals surface area contributed by atoms with Gasteiger partial charge in [-0.2, -0.15) is 0 Å². The molecule has 178 valence electrons. The smallest absolute Gasteiger partial charge is 0.252 e. The van der Waals surface area contributed by atoms with E-state index in [0.29, 0.717) is 19.5 Å². The molecule has 0 fully saturated rings. The van der Waals surface area contributed by atoms with Gasteiger partial charge in [0.15, 0.2) is 11.3 Å². The van der Waals surface area contributed by atoms with E-state index in [-0.39, 0.29) is 24.1 Å². The highest BCUT2D eigenvalue weighted by atomic mass is 35.5. The zero-order valence-corrected chi connectivity index (χ0v) is 20.9. The average molecular weight is 454 g/mol. The molecular formula is C25H44ClN3O2. The van der Waals surface area contributed by atoms with Crippen molar-refractivity contribution in [2.45, 2.75) is 76.7 Å². The summed E-state index contributed by atoms with van der Waals surface area (Å²) in [6.07, 6.45) is 11.2. The minimum atomic E-state index is -1.28. The number of hydrogen-bond donors (Lipinski definition) is 2. The molecule has 0 spiro atoms. The van der Waals surface area contributed by atoms with E-state index >= 15 is 0 Å². The maximum absolute atomic E-state index is 13.5. The van der Waals surface area contributed by atoms with Crippen molar-refractivity contribution in [1.29, 1.82) is 0 Å². The van der Waals surface area contributed by atoms with E-state index in [1.54, 1.807) is 4.90 Å². The highest BCUT2D eigenvalue weighted by Gasteiger charge is 2.48. The minimum absolute atomic E-state index is 0. The van der Waals surface area contributed by atoms with Gasteiger partial charge in [-0.1, -0.05) is 88.6 Å². The summed E-state index contributed by atoms with van der Waals surface area (Å²) in [5.74, 6) is -0.265. The van der Waals surface area contributed by atoms with Crippen LogP contribution in [0.2, 0.25) is 0 Å². The largest absolute Gasteiger partial charge is 0.353 e. The standard InChI is InChI=1S/C25H43N3O2.ClH/c1-5-6-7-8-9-10-11-12-16-19-23(29)25(28(3)4,22-17-14-13-15-18-22)24(30)27-21-20-26-2;/h13-15,17-18,26H,5-12,16,19-21H2,1-4H3,(H,27,30);1H. The molecule has 1 unspecified atom stereocenters. The number of nitrogens with zero attached hydrogens (tertiary/aromatic N) is 1. The van der Waals surface area contributed by atoms with Crippen LogP contribution in [0.1, 0.15) is 76.7 Å². The van der Waals surface area contributed by atoms with Crippen molar-refractivity contribution in [2.75, 3.05) is 34.2 Å². The molecule has 0 heterocycles. The van der Waals surface area contributed by atoms with Crippen LogP contribution >= 0.6 is 12.4 Å². The number of Topliss-reactive ketones (excluding diaryl/α,β-unsaturated/α-hetero) is 1. The fourth-order valence-corrected chi connectivity index (χ4v) is 4.01. The van der Waals surface area contributed by atoms with Gasteiger partial charge in [-0.05, 0) is 33.1 Å². The van der Waals surface area contributed by atoms with Crippen molar-refractivity contribution in [3.63, 3.8) is 0 Å². The van der Waals surface area contributed by atoms with Gasteiger partial charge < -0.3 is 10.6 Å². The van der Waals surface area contributed by atoms with Gasteiger partial charge in [0.2, 0.25) is 0 Å². The Labute approximate surface area is 196 Å². The summed E-state index contributed by atoms with van der Waals surface area (Å²) in [6, 6.07) is 9.45. The molecule has 1 atom stereocenters. The highest BCUT2D eigenvalue weighted by molar-refractivity contribution is 6.11. The summed E-state index contributed by atoms with van der Waals surface area (Å²) in [5.41, 5.74) is -0.548. The number of benzene rings is 1. The van der Waals surface area contributed by atoms with Gasteiger partial charge in [0, 0.05) is 19.5 Å². The predicted molar refractivity (Wildman–Crippen MR) is 133 cm³/mol. The monoisotopic (exact) mass is 453 g/mol. The Morgan fingerprint density at radius 3 is 1.94 bits per heavy atom. The fourth-order valence-electron chi connectivity index (χ4n) is 4.01. The maximum atomic E-state index is 13.5. The highest BCUT2D eigenvalue weighted by Crippen LogP contribution is 2.30. The molecule has 1 aromatic rings. The van der Waals surface area contributed by atoms with Crippen molar-refractivity contribution in [3.05, 3.63) is 35.9 Å². The zero-order chi connectivity index (χ0) is 22.2. The molecule has 0 saturated heterocycles. The Kier molecular flexibility index (Phi) is 16.4. The van der Waals surface area contributed by atoms with E-state index in [0.717, 1.165) is 24.8 Å². The summed E-state index contributed by atoms with van der Waals surface area (Å²) in [5, 5.41) is 5.99. The quantitative estimate of drug-likeness (QED) is 0.265. The first-order valence-electron chi connectivity index (χ1n) is 11.7. The molecule has 1 amide bonds. The van der Waals surface area contributed by atoms with E-state index in [9.17, 15) is 9.59 Å². The topological polar surface area (TPSA) is 61.4 Å².